The Morgan fingerprint density at radius 3 is 2.65 bits per heavy atom. The first-order valence-electron chi connectivity index (χ1n) is 7.23. The Morgan fingerprint density at radius 2 is 2.10 bits per heavy atom. The van der Waals surface area contributed by atoms with Crippen molar-refractivity contribution in [3.63, 3.8) is 0 Å². The van der Waals surface area contributed by atoms with Crippen molar-refractivity contribution in [2.24, 2.45) is 0 Å². The molecule has 2 rings (SSSR count). The van der Waals surface area contributed by atoms with E-state index in [2.05, 4.69) is 6.92 Å². The van der Waals surface area contributed by atoms with E-state index >= 15 is 0 Å². The minimum atomic E-state index is -3.38. The molecule has 20 heavy (non-hydrogen) atoms. The Morgan fingerprint density at radius 1 is 1.40 bits per heavy atom. The molecule has 0 saturated heterocycles. The molecule has 1 fully saturated rings. The third kappa shape index (κ3) is 3.38. The minimum absolute atomic E-state index is 0.353. The van der Waals surface area contributed by atoms with Crippen LogP contribution in [0.3, 0.4) is 0 Å². The van der Waals surface area contributed by atoms with E-state index in [9.17, 15) is 8.42 Å². The lowest BCUT2D eigenvalue weighted by molar-refractivity contribution is 0.454. The summed E-state index contributed by atoms with van der Waals surface area (Å²) in [6, 6.07) is 2.16. The number of rotatable bonds is 8. The maximum atomic E-state index is 12.5. The molecule has 0 aliphatic heterocycles. The van der Waals surface area contributed by atoms with Gasteiger partial charge in [-0.15, -0.1) is 11.6 Å². The van der Waals surface area contributed by atoms with Crippen molar-refractivity contribution >= 4 is 21.6 Å². The molecule has 0 aromatic carbocycles. The van der Waals surface area contributed by atoms with Crippen LogP contribution >= 0.6 is 11.6 Å². The van der Waals surface area contributed by atoms with Crippen molar-refractivity contribution < 1.29 is 8.42 Å². The summed E-state index contributed by atoms with van der Waals surface area (Å²) < 4.78 is 28.5. The molecule has 1 aromatic rings. The van der Waals surface area contributed by atoms with Gasteiger partial charge in [-0.2, -0.15) is 0 Å². The molecule has 0 unspecified atom stereocenters. The molecule has 1 aliphatic carbocycles. The standard InChI is InChI=1S/C14H23ClN2O2S/c1-3-4-5-8-16(2)20(18,19)14-9-13(10-15)17(11-14)12-6-7-12/h9,11-12H,3-8,10H2,1-2H3. The van der Waals surface area contributed by atoms with Crippen molar-refractivity contribution in [2.75, 3.05) is 13.6 Å². The van der Waals surface area contributed by atoms with Crippen LogP contribution in [0.5, 0.6) is 0 Å². The van der Waals surface area contributed by atoms with Gasteiger partial charge in [0, 0.05) is 31.5 Å². The average Bonchev–Trinajstić information content (AvgIpc) is 3.17. The smallest absolute Gasteiger partial charge is 0.244 e. The van der Waals surface area contributed by atoms with E-state index in [0.717, 1.165) is 37.8 Å². The third-order valence-electron chi connectivity index (χ3n) is 3.77. The van der Waals surface area contributed by atoms with Gasteiger partial charge in [0.05, 0.1) is 5.88 Å². The van der Waals surface area contributed by atoms with Crippen LogP contribution in [0.15, 0.2) is 17.2 Å². The predicted molar refractivity (Wildman–Crippen MR) is 81.6 cm³/mol. The Labute approximate surface area is 126 Å². The number of hydrogen-bond donors (Lipinski definition) is 0. The third-order valence-corrected chi connectivity index (χ3v) is 5.86. The van der Waals surface area contributed by atoms with Crippen LogP contribution < -0.4 is 0 Å². The number of halogens is 1. The number of hydrogen-bond acceptors (Lipinski definition) is 2. The van der Waals surface area contributed by atoms with E-state index in [1.54, 1.807) is 19.3 Å². The van der Waals surface area contributed by atoms with Gasteiger partial charge < -0.3 is 4.57 Å². The summed E-state index contributed by atoms with van der Waals surface area (Å²) in [6.07, 6.45) is 7.02. The van der Waals surface area contributed by atoms with Gasteiger partial charge in [-0.1, -0.05) is 19.8 Å². The predicted octanol–water partition coefficient (Wildman–Crippen LogP) is 3.37. The number of unbranched alkanes of at least 4 members (excludes halogenated alkanes) is 2. The SMILES string of the molecule is CCCCCN(C)S(=O)(=O)c1cc(CCl)n(C2CC2)c1. The molecule has 1 aliphatic rings. The molecule has 1 saturated carbocycles. The Bertz CT molecular complexity index is 550. The first kappa shape index (κ1) is 15.9. The molecule has 1 aromatic heterocycles. The lowest BCUT2D eigenvalue weighted by Crippen LogP contribution is -2.27. The summed E-state index contributed by atoms with van der Waals surface area (Å²) in [4.78, 5) is 0.374. The molecule has 0 spiro atoms. The number of nitrogens with zero attached hydrogens (tertiary/aromatic N) is 2. The van der Waals surface area contributed by atoms with E-state index in [0.29, 0.717) is 23.4 Å². The van der Waals surface area contributed by atoms with Gasteiger partial charge in [0.1, 0.15) is 4.90 Å². The fourth-order valence-electron chi connectivity index (χ4n) is 2.32. The van der Waals surface area contributed by atoms with Gasteiger partial charge in [0.25, 0.3) is 0 Å². The lowest BCUT2D eigenvalue weighted by atomic mass is 10.2. The Kier molecular flexibility index (Phi) is 5.15. The molecule has 0 bridgehead atoms. The zero-order valence-electron chi connectivity index (χ0n) is 12.2. The van der Waals surface area contributed by atoms with E-state index in [1.807, 2.05) is 4.57 Å². The monoisotopic (exact) mass is 318 g/mol. The number of alkyl halides is 1. The van der Waals surface area contributed by atoms with Gasteiger partial charge in [0.15, 0.2) is 0 Å². The maximum absolute atomic E-state index is 12.5. The number of aromatic nitrogens is 1. The highest BCUT2D eigenvalue weighted by Gasteiger charge is 2.29. The minimum Gasteiger partial charge on any atom is -0.346 e. The van der Waals surface area contributed by atoms with E-state index in [-0.39, 0.29) is 0 Å². The first-order valence-corrected chi connectivity index (χ1v) is 9.21. The van der Waals surface area contributed by atoms with E-state index < -0.39 is 10.0 Å². The molecule has 0 radical (unpaired) electrons. The topological polar surface area (TPSA) is 42.3 Å². The van der Waals surface area contributed by atoms with Crippen LogP contribution in [0.4, 0.5) is 0 Å². The molecule has 1 heterocycles. The second kappa shape index (κ2) is 6.50. The van der Waals surface area contributed by atoms with Crippen LogP contribution in [-0.2, 0) is 15.9 Å². The van der Waals surface area contributed by atoms with Crippen molar-refractivity contribution in [3.05, 3.63) is 18.0 Å². The van der Waals surface area contributed by atoms with Crippen LogP contribution in [0, 0.1) is 0 Å². The molecule has 4 nitrogen and oxygen atoms in total. The molecule has 0 atom stereocenters. The number of sulfonamides is 1. The highest BCUT2D eigenvalue weighted by molar-refractivity contribution is 7.89. The normalized spacial score (nSPS) is 16.0. The molecule has 0 amide bonds. The molecular formula is C14H23ClN2O2S. The quantitative estimate of drug-likeness (QED) is 0.545. The zero-order valence-corrected chi connectivity index (χ0v) is 13.8. The van der Waals surface area contributed by atoms with Gasteiger partial charge in [0.2, 0.25) is 10.0 Å². The summed E-state index contributed by atoms with van der Waals surface area (Å²) in [7, 11) is -1.73. The zero-order chi connectivity index (χ0) is 14.8. The van der Waals surface area contributed by atoms with E-state index in [4.69, 9.17) is 11.6 Å². The average molecular weight is 319 g/mol. The first-order chi connectivity index (χ1) is 9.50. The van der Waals surface area contributed by atoms with Gasteiger partial charge in [-0.25, -0.2) is 12.7 Å². The van der Waals surface area contributed by atoms with Crippen molar-refractivity contribution in [2.45, 2.75) is 55.8 Å². The molecule has 0 N–H and O–H groups in total. The summed E-state index contributed by atoms with van der Waals surface area (Å²) in [6.45, 7) is 2.68. The lowest BCUT2D eigenvalue weighted by Gasteiger charge is -2.15. The summed E-state index contributed by atoms with van der Waals surface area (Å²) in [5.74, 6) is 0.353. The van der Waals surface area contributed by atoms with Crippen LogP contribution in [0.1, 0.15) is 50.8 Å². The van der Waals surface area contributed by atoms with Crippen LogP contribution in [0.2, 0.25) is 0 Å². The van der Waals surface area contributed by atoms with Crippen molar-refractivity contribution in [1.29, 1.82) is 0 Å². The van der Waals surface area contributed by atoms with E-state index in [1.165, 1.54) is 4.31 Å². The van der Waals surface area contributed by atoms with Crippen molar-refractivity contribution in [1.82, 2.24) is 8.87 Å². The molecular weight excluding hydrogens is 296 g/mol. The fraction of sp³-hybridized carbons (Fsp3) is 0.714. The molecule has 114 valence electrons. The van der Waals surface area contributed by atoms with Crippen LogP contribution in [0.25, 0.3) is 0 Å². The second-order valence-electron chi connectivity index (χ2n) is 5.47. The Hall–Kier alpha value is -0.520. The second-order valence-corrected chi connectivity index (χ2v) is 7.79. The summed E-state index contributed by atoms with van der Waals surface area (Å²) in [5.41, 5.74) is 0.898. The van der Waals surface area contributed by atoms with Crippen LogP contribution in [-0.4, -0.2) is 30.9 Å². The highest BCUT2D eigenvalue weighted by atomic mass is 35.5. The van der Waals surface area contributed by atoms with Gasteiger partial charge in [-0.3, -0.25) is 0 Å². The summed E-state index contributed by atoms with van der Waals surface area (Å²) >= 11 is 5.92. The van der Waals surface area contributed by atoms with Gasteiger partial charge >= 0.3 is 0 Å². The van der Waals surface area contributed by atoms with Crippen molar-refractivity contribution in [3.8, 4) is 0 Å². The largest absolute Gasteiger partial charge is 0.346 e. The maximum Gasteiger partial charge on any atom is 0.244 e. The van der Waals surface area contributed by atoms with Gasteiger partial charge in [-0.05, 0) is 25.3 Å². The summed E-state index contributed by atoms with van der Waals surface area (Å²) in [5, 5.41) is 0. The Balaban J connectivity index is 2.16. The highest BCUT2D eigenvalue weighted by Crippen LogP contribution is 2.37. The fourth-order valence-corrected chi connectivity index (χ4v) is 3.80. The molecule has 6 heteroatoms.